The minimum absolute atomic E-state index is 0.472. The second-order valence-electron chi connectivity index (χ2n) is 8.92. The molecule has 7 rings (SSSR count). The van der Waals surface area contributed by atoms with E-state index >= 15 is 0 Å². The van der Waals surface area contributed by atoms with Crippen molar-refractivity contribution in [3.63, 3.8) is 0 Å². The van der Waals surface area contributed by atoms with E-state index in [0.29, 0.717) is 0 Å². The van der Waals surface area contributed by atoms with E-state index in [2.05, 4.69) is 78.9 Å². The molecule has 5 aromatic rings. The van der Waals surface area contributed by atoms with Crippen LogP contribution in [-0.2, 0) is 5.41 Å². The maximum absolute atomic E-state index is 6.55. The van der Waals surface area contributed by atoms with Crippen LogP contribution in [0.4, 0.5) is 5.69 Å². The van der Waals surface area contributed by atoms with E-state index < -0.39 is 5.41 Å². The number of fused-ring (bicyclic) bond motifs is 9. The standard InChI is InChI=1S/C31H20ClNO/c32-21-12-16-26-24(18-21)23-17-20(19-9-13-22(33)14-10-19)11-15-25(23)31(26)27-5-1-3-7-29(27)34-30-8-4-2-6-28(30)31/h1-18H,33H2. The summed E-state index contributed by atoms with van der Waals surface area (Å²) in [5, 5.41) is 0.730. The van der Waals surface area contributed by atoms with Crippen LogP contribution < -0.4 is 10.5 Å². The molecule has 34 heavy (non-hydrogen) atoms. The molecule has 0 saturated heterocycles. The van der Waals surface area contributed by atoms with Gasteiger partial charge in [-0.2, -0.15) is 0 Å². The number of nitrogen functional groups attached to an aromatic ring is 1. The fraction of sp³-hybridized carbons (Fsp3) is 0.0323. The maximum atomic E-state index is 6.55. The van der Waals surface area contributed by atoms with Gasteiger partial charge in [0.1, 0.15) is 11.5 Å². The molecule has 2 nitrogen and oxygen atoms in total. The molecule has 0 amide bonds. The number of nitrogens with two attached hydrogens (primary N) is 1. The van der Waals surface area contributed by atoms with Crippen LogP contribution in [0.15, 0.2) is 109 Å². The molecule has 0 aromatic heterocycles. The molecule has 1 spiro atoms. The SMILES string of the molecule is Nc1ccc(-c2ccc3c(c2)-c2cc(Cl)ccc2C32c3ccccc3Oc3ccccc32)cc1. The van der Waals surface area contributed by atoms with Gasteiger partial charge in [-0.1, -0.05) is 78.3 Å². The van der Waals surface area contributed by atoms with Gasteiger partial charge in [0.2, 0.25) is 0 Å². The van der Waals surface area contributed by atoms with Crippen LogP contribution in [0.5, 0.6) is 11.5 Å². The summed E-state index contributed by atoms with van der Waals surface area (Å²) in [6.07, 6.45) is 0. The van der Waals surface area contributed by atoms with Crippen molar-refractivity contribution in [3.8, 4) is 33.8 Å². The highest BCUT2D eigenvalue weighted by molar-refractivity contribution is 6.31. The van der Waals surface area contributed by atoms with Gasteiger partial charge >= 0.3 is 0 Å². The van der Waals surface area contributed by atoms with Crippen molar-refractivity contribution in [1.29, 1.82) is 0 Å². The number of halogens is 1. The van der Waals surface area contributed by atoms with Crippen LogP contribution >= 0.6 is 11.6 Å². The van der Waals surface area contributed by atoms with E-state index in [-0.39, 0.29) is 0 Å². The molecule has 0 bridgehead atoms. The molecule has 0 atom stereocenters. The molecule has 1 aliphatic heterocycles. The van der Waals surface area contributed by atoms with Crippen LogP contribution in [-0.4, -0.2) is 0 Å². The van der Waals surface area contributed by atoms with Crippen molar-refractivity contribution >= 4 is 17.3 Å². The molecule has 5 aromatic carbocycles. The van der Waals surface area contributed by atoms with Gasteiger partial charge in [-0.3, -0.25) is 0 Å². The summed E-state index contributed by atoms with van der Waals surface area (Å²) in [4.78, 5) is 0. The first kappa shape index (κ1) is 19.5. The third kappa shape index (κ3) is 2.52. The Hall–Kier alpha value is -4.01. The Morgan fingerprint density at radius 1 is 0.559 bits per heavy atom. The van der Waals surface area contributed by atoms with Crippen molar-refractivity contribution in [3.05, 3.63) is 136 Å². The van der Waals surface area contributed by atoms with Gasteiger partial charge in [0.25, 0.3) is 0 Å². The number of para-hydroxylation sites is 2. The molecule has 0 radical (unpaired) electrons. The third-order valence-corrected chi connectivity index (χ3v) is 7.38. The zero-order valence-corrected chi connectivity index (χ0v) is 19.0. The zero-order chi connectivity index (χ0) is 22.9. The summed E-state index contributed by atoms with van der Waals surface area (Å²) in [7, 11) is 0. The zero-order valence-electron chi connectivity index (χ0n) is 18.3. The monoisotopic (exact) mass is 457 g/mol. The topological polar surface area (TPSA) is 35.2 Å². The number of hydrogen-bond donors (Lipinski definition) is 1. The van der Waals surface area contributed by atoms with Gasteiger partial charge < -0.3 is 10.5 Å². The van der Waals surface area contributed by atoms with Crippen LogP contribution in [0.1, 0.15) is 22.3 Å². The lowest BCUT2D eigenvalue weighted by atomic mass is 9.66. The highest BCUT2D eigenvalue weighted by atomic mass is 35.5. The quantitative estimate of drug-likeness (QED) is 0.253. The Kier molecular flexibility index (Phi) is 4.00. The van der Waals surface area contributed by atoms with Crippen LogP contribution in [0.25, 0.3) is 22.3 Å². The number of rotatable bonds is 1. The molecule has 0 saturated carbocycles. The number of benzene rings is 5. The average Bonchev–Trinajstić information content (AvgIpc) is 3.14. The van der Waals surface area contributed by atoms with Crippen molar-refractivity contribution < 1.29 is 4.74 Å². The first-order valence-corrected chi connectivity index (χ1v) is 11.7. The molecular formula is C31H20ClNO. The molecule has 162 valence electrons. The smallest absolute Gasteiger partial charge is 0.132 e. The Balaban J connectivity index is 1.60. The Morgan fingerprint density at radius 2 is 1.12 bits per heavy atom. The van der Waals surface area contributed by atoms with Gasteiger partial charge in [-0.05, 0) is 75.8 Å². The predicted molar refractivity (Wildman–Crippen MR) is 139 cm³/mol. The van der Waals surface area contributed by atoms with E-state index in [4.69, 9.17) is 22.1 Å². The predicted octanol–water partition coefficient (Wildman–Crippen LogP) is 8.06. The molecule has 2 N–H and O–H groups in total. The summed E-state index contributed by atoms with van der Waals surface area (Å²) in [6, 6.07) is 37.8. The van der Waals surface area contributed by atoms with E-state index in [1.165, 1.54) is 16.7 Å². The van der Waals surface area contributed by atoms with E-state index in [1.807, 2.05) is 30.3 Å². The summed E-state index contributed by atoms with van der Waals surface area (Å²) >= 11 is 6.55. The van der Waals surface area contributed by atoms with Crippen molar-refractivity contribution in [2.45, 2.75) is 5.41 Å². The maximum Gasteiger partial charge on any atom is 0.132 e. The minimum atomic E-state index is -0.472. The van der Waals surface area contributed by atoms with Gasteiger partial charge in [0.05, 0.1) is 5.41 Å². The van der Waals surface area contributed by atoms with Crippen LogP contribution in [0, 0.1) is 0 Å². The minimum Gasteiger partial charge on any atom is -0.457 e. The lowest BCUT2D eigenvalue weighted by Gasteiger charge is -2.39. The highest BCUT2D eigenvalue weighted by Gasteiger charge is 2.51. The molecule has 0 fully saturated rings. The fourth-order valence-electron chi connectivity index (χ4n) is 5.74. The number of ether oxygens (including phenoxy) is 1. The number of hydrogen-bond acceptors (Lipinski definition) is 2. The van der Waals surface area contributed by atoms with Gasteiger partial charge in [-0.15, -0.1) is 0 Å². The molecule has 2 aliphatic rings. The molecule has 1 heterocycles. The summed E-state index contributed by atoms with van der Waals surface area (Å²) in [6.45, 7) is 0. The molecule has 1 aliphatic carbocycles. The third-order valence-electron chi connectivity index (χ3n) is 7.15. The Bertz CT molecular complexity index is 1560. The lowest BCUT2D eigenvalue weighted by molar-refractivity contribution is 0.436. The summed E-state index contributed by atoms with van der Waals surface area (Å²) in [5.41, 5.74) is 15.6. The second kappa shape index (κ2) is 6.99. The van der Waals surface area contributed by atoms with Crippen molar-refractivity contribution in [1.82, 2.24) is 0 Å². The van der Waals surface area contributed by atoms with E-state index in [1.54, 1.807) is 0 Å². The average molecular weight is 458 g/mol. The van der Waals surface area contributed by atoms with Gasteiger partial charge in [-0.25, -0.2) is 0 Å². The van der Waals surface area contributed by atoms with E-state index in [9.17, 15) is 0 Å². The summed E-state index contributed by atoms with van der Waals surface area (Å²) in [5.74, 6) is 1.77. The first-order valence-electron chi connectivity index (χ1n) is 11.3. The first-order chi connectivity index (χ1) is 16.7. The molecule has 0 unspecified atom stereocenters. The Morgan fingerprint density at radius 3 is 1.79 bits per heavy atom. The van der Waals surface area contributed by atoms with Crippen LogP contribution in [0.3, 0.4) is 0 Å². The van der Waals surface area contributed by atoms with Crippen LogP contribution in [0.2, 0.25) is 5.02 Å². The molecule has 3 heteroatoms. The van der Waals surface area contributed by atoms with E-state index in [0.717, 1.165) is 50.0 Å². The second-order valence-corrected chi connectivity index (χ2v) is 9.35. The fourth-order valence-corrected chi connectivity index (χ4v) is 5.91. The number of anilines is 1. The lowest BCUT2D eigenvalue weighted by Crippen LogP contribution is -2.32. The Labute approximate surface area is 203 Å². The van der Waals surface area contributed by atoms with Crippen molar-refractivity contribution in [2.24, 2.45) is 0 Å². The summed E-state index contributed by atoms with van der Waals surface area (Å²) < 4.78 is 6.38. The highest BCUT2D eigenvalue weighted by Crippen LogP contribution is 2.62. The van der Waals surface area contributed by atoms with Gasteiger partial charge in [0, 0.05) is 21.8 Å². The van der Waals surface area contributed by atoms with Crippen molar-refractivity contribution in [2.75, 3.05) is 5.73 Å². The van der Waals surface area contributed by atoms with Gasteiger partial charge in [0.15, 0.2) is 0 Å². The molecular weight excluding hydrogens is 438 g/mol. The largest absolute Gasteiger partial charge is 0.457 e. The normalized spacial score (nSPS) is 14.0.